The van der Waals surface area contributed by atoms with Crippen molar-refractivity contribution in [2.24, 2.45) is 5.84 Å². The maximum Gasteiger partial charge on any atom is 0.148 e. The van der Waals surface area contributed by atoms with E-state index in [1.807, 2.05) is 6.92 Å². The van der Waals surface area contributed by atoms with Gasteiger partial charge in [-0.05, 0) is 19.3 Å². The number of nitrogens with one attached hydrogen (secondary N) is 2. The molecule has 0 aromatic carbocycles. The average molecular weight is 223 g/mol. The summed E-state index contributed by atoms with van der Waals surface area (Å²) < 4.78 is 0. The van der Waals surface area contributed by atoms with E-state index in [1.165, 1.54) is 6.33 Å². The lowest BCUT2D eigenvalue weighted by atomic mass is 9.89. The van der Waals surface area contributed by atoms with Gasteiger partial charge in [-0.2, -0.15) is 0 Å². The molecule has 16 heavy (non-hydrogen) atoms. The van der Waals surface area contributed by atoms with E-state index >= 15 is 0 Å². The molecule has 1 fully saturated rings. The normalized spacial score (nSPS) is 23.7. The van der Waals surface area contributed by atoms with Crippen molar-refractivity contribution in [1.29, 1.82) is 0 Å². The van der Waals surface area contributed by atoms with Gasteiger partial charge in [0.05, 0.1) is 6.10 Å². The molecule has 0 saturated heterocycles. The van der Waals surface area contributed by atoms with E-state index in [0.717, 1.165) is 30.6 Å². The highest BCUT2D eigenvalue weighted by Crippen LogP contribution is 2.26. The maximum atomic E-state index is 9.22. The van der Waals surface area contributed by atoms with E-state index in [-0.39, 0.29) is 6.10 Å². The monoisotopic (exact) mass is 223 g/mol. The van der Waals surface area contributed by atoms with Crippen molar-refractivity contribution < 1.29 is 5.11 Å². The lowest BCUT2D eigenvalue weighted by Crippen LogP contribution is -2.39. The van der Waals surface area contributed by atoms with Gasteiger partial charge < -0.3 is 15.8 Å². The third-order valence-corrected chi connectivity index (χ3v) is 2.89. The van der Waals surface area contributed by atoms with Gasteiger partial charge >= 0.3 is 0 Å². The fraction of sp³-hybridized carbons (Fsp3) is 0.600. The number of anilines is 2. The summed E-state index contributed by atoms with van der Waals surface area (Å²) in [6, 6.07) is 0.306. The van der Waals surface area contributed by atoms with Crippen LogP contribution >= 0.6 is 0 Å². The first-order valence-corrected chi connectivity index (χ1v) is 5.49. The fourth-order valence-corrected chi connectivity index (χ4v) is 1.89. The molecule has 0 aliphatic heterocycles. The molecule has 5 N–H and O–H groups in total. The molecular formula is C10H17N5O. The van der Waals surface area contributed by atoms with Gasteiger partial charge in [0, 0.05) is 11.6 Å². The lowest BCUT2D eigenvalue weighted by Gasteiger charge is -2.33. The van der Waals surface area contributed by atoms with Crippen LogP contribution in [0.1, 0.15) is 25.3 Å². The number of aliphatic hydroxyl groups is 1. The van der Waals surface area contributed by atoms with Crippen LogP contribution in [0.4, 0.5) is 11.6 Å². The summed E-state index contributed by atoms with van der Waals surface area (Å²) in [5.74, 6) is 6.85. The second-order valence-electron chi connectivity index (χ2n) is 4.01. The first-order chi connectivity index (χ1) is 7.74. The average Bonchev–Trinajstić information content (AvgIpc) is 2.26. The van der Waals surface area contributed by atoms with Gasteiger partial charge in [-0.3, -0.25) is 0 Å². The van der Waals surface area contributed by atoms with Crippen molar-refractivity contribution in [1.82, 2.24) is 9.97 Å². The SMILES string of the molecule is CCc1c(NN)ncnc1NC1CC(O)C1. The largest absolute Gasteiger partial charge is 0.393 e. The van der Waals surface area contributed by atoms with Gasteiger partial charge in [-0.15, -0.1) is 0 Å². The van der Waals surface area contributed by atoms with Gasteiger partial charge in [-0.25, -0.2) is 15.8 Å². The van der Waals surface area contributed by atoms with Crippen LogP contribution in [0.15, 0.2) is 6.33 Å². The number of hydrogen-bond acceptors (Lipinski definition) is 6. The van der Waals surface area contributed by atoms with Crippen LogP contribution < -0.4 is 16.6 Å². The smallest absolute Gasteiger partial charge is 0.148 e. The van der Waals surface area contributed by atoms with Crippen molar-refractivity contribution in [3.05, 3.63) is 11.9 Å². The van der Waals surface area contributed by atoms with E-state index in [0.29, 0.717) is 11.9 Å². The minimum atomic E-state index is -0.170. The van der Waals surface area contributed by atoms with Crippen LogP contribution in [0.2, 0.25) is 0 Å². The van der Waals surface area contributed by atoms with Crippen LogP contribution in [0.5, 0.6) is 0 Å². The Morgan fingerprint density at radius 3 is 2.69 bits per heavy atom. The molecule has 1 aromatic rings. The van der Waals surface area contributed by atoms with Crippen LogP contribution in [0, 0.1) is 0 Å². The Morgan fingerprint density at radius 2 is 2.12 bits per heavy atom. The Bertz CT molecular complexity index is 364. The Kier molecular flexibility index (Phi) is 3.21. The molecule has 0 radical (unpaired) electrons. The predicted molar refractivity (Wildman–Crippen MR) is 61.9 cm³/mol. The molecule has 0 amide bonds. The zero-order valence-corrected chi connectivity index (χ0v) is 9.27. The molecule has 6 heteroatoms. The van der Waals surface area contributed by atoms with Crippen LogP contribution in [0.3, 0.4) is 0 Å². The Hall–Kier alpha value is -1.40. The van der Waals surface area contributed by atoms with E-state index < -0.39 is 0 Å². The number of hydrazine groups is 1. The molecule has 0 unspecified atom stereocenters. The van der Waals surface area contributed by atoms with E-state index in [2.05, 4.69) is 20.7 Å². The van der Waals surface area contributed by atoms with Gasteiger partial charge in [0.1, 0.15) is 18.0 Å². The Labute approximate surface area is 94.3 Å². The molecule has 0 bridgehead atoms. The van der Waals surface area contributed by atoms with Gasteiger partial charge in [0.25, 0.3) is 0 Å². The highest BCUT2D eigenvalue weighted by atomic mass is 16.3. The van der Waals surface area contributed by atoms with Crippen molar-refractivity contribution in [2.45, 2.75) is 38.3 Å². The number of rotatable bonds is 4. The third kappa shape index (κ3) is 2.07. The number of aromatic nitrogens is 2. The summed E-state index contributed by atoms with van der Waals surface area (Å²) in [6.45, 7) is 2.03. The molecule has 0 atom stereocenters. The minimum Gasteiger partial charge on any atom is -0.393 e. The summed E-state index contributed by atoms with van der Waals surface area (Å²) >= 11 is 0. The summed E-state index contributed by atoms with van der Waals surface area (Å²) in [5, 5.41) is 12.5. The number of aliphatic hydroxyl groups excluding tert-OH is 1. The first-order valence-electron chi connectivity index (χ1n) is 5.49. The highest BCUT2D eigenvalue weighted by molar-refractivity contribution is 5.57. The van der Waals surface area contributed by atoms with Gasteiger partial charge in [0.15, 0.2) is 0 Å². The molecule has 0 spiro atoms. The summed E-state index contributed by atoms with van der Waals surface area (Å²) in [4.78, 5) is 8.26. The summed E-state index contributed by atoms with van der Waals surface area (Å²) in [7, 11) is 0. The van der Waals surface area contributed by atoms with Crippen molar-refractivity contribution in [3.63, 3.8) is 0 Å². The number of nitrogen functional groups attached to an aromatic ring is 1. The summed E-state index contributed by atoms with van der Waals surface area (Å²) in [5.41, 5.74) is 3.54. The molecule has 6 nitrogen and oxygen atoms in total. The third-order valence-electron chi connectivity index (χ3n) is 2.89. The Morgan fingerprint density at radius 1 is 1.44 bits per heavy atom. The number of nitrogens with zero attached hydrogens (tertiary/aromatic N) is 2. The molecule has 1 aliphatic carbocycles. The van der Waals surface area contributed by atoms with Gasteiger partial charge in [0.2, 0.25) is 0 Å². The standard InChI is InChI=1S/C10H17N5O/c1-2-8-9(12-5-13-10(8)15-11)14-6-3-7(16)4-6/h5-7,16H,2-4,11H2,1H3,(H2,12,13,14,15). The fourth-order valence-electron chi connectivity index (χ4n) is 1.89. The zero-order chi connectivity index (χ0) is 11.5. The molecule has 1 saturated carbocycles. The van der Waals surface area contributed by atoms with Crippen LogP contribution in [0.25, 0.3) is 0 Å². The number of hydrogen-bond donors (Lipinski definition) is 4. The second-order valence-corrected chi connectivity index (χ2v) is 4.01. The number of nitrogens with two attached hydrogens (primary N) is 1. The molecule has 88 valence electrons. The van der Waals surface area contributed by atoms with Crippen LogP contribution in [-0.4, -0.2) is 27.2 Å². The first kappa shape index (κ1) is 11.1. The van der Waals surface area contributed by atoms with E-state index in [4.69, 9.17) is 5.84 Å². The van der Waals surface area contributed by atoms with Gasteiger partial charge in [-0.1, -0.05) is 6.92 Å². The van der Waals surface area contributed by atoms with Crippen molar-refractivity contribution in [2.75, 3.05) is 10.7 Å². The topological polar surface area (TPSA) is 96.1 Å². The van der Waals surface area contributed by atoms with E-state index in [1.54, 1.807) is 0 Å². The molecule has 2 rings (SSSR count). The second kappa shape index (κ2) is 4.63. The quantitative estimate of drug-likeness (QED) is 0.432. The van der Waals surface area contributed by atoms with Crippen molar-refractivity contribution in [3.8, 4) is 0 Å². The highest BCUT2D eigenvalue weighted by Gasteiger charge is 2.28. The van der Waals surface area contributed by atoms with Crippen molar-refractivity contribution >= 4 is 11.6 Å². The maximum absolute atomic E-state index is 9.22. The lowest BCUT2D eigenvalue weighted by molar-refractivity contribution is 0.0835. The predicted octanol–water partition coefficient (Wildman–Crippen LogP) is 0.260. The summed E-state index contributed by atoms with van der Waals surface area (Å²) in [6.07, 6.45) is 3.66. The van der Waals surface area contributed by atoms with Crippen LogP contribution in [-0.2, 0) is 6.42 Å². The van der Waals surface area contributed by atoms with E-state index in [9.17, 15) is 5.11 Å². The molecule has 1 aliphatic rings. The Balaban J connectivity index is 2.13. The molecule has 1 aromatic heterocycles. The molecule has 1 heterocycles. The molecular weight excluding hydrogens is 206 g/mol. The zero-order valence-electron chi connectivity index (χ0n) is 9.27. The minimum absolute atomic E-state index is 0.170.